The highest BCUT2D eigenvalue weighted by molar-refractivity contribution is 5.66. The molecule has 1 spiro atoms. The summed E-state index contributed by atoms with van der Waals surface area (Å²) in [4.78, 5) is 11.7. The van der Waals surface area contributed by atoms with Crippen LogP contribution in [0.5, 0.6) is 0 Å². The molecule has 29 heavy (non-hydrogen) atoms. The molecule has 6 unspecified atom stereocenters. The Kier molecular flexibility index (Phi) is 4.37. The molecule has 5 aliphatic rings. The Balaban J connectivity index is 1.48. The fraction of sp³-hybridized carbons (Fsp3) is 0.880. The first kappa shape index (κ1) is 20.1. The summed E-state index contributed by atoms with van der Waals surface area (Å²) in [6, 6.07) is 0. The van der Waals surface area contributed by atoms with Gasteiger partial charge in [-0.25, -0.2) is 0 Å². The number of carbonyl (C=O) groups excluding carboxylic acids is 1. The normalized spacial score (nSPS) is 47.1. The average molecular weight is 403 g/mol. The van der Waals surface area contributed by atoms with E-state index in [-0.39, 0.29) is 28.3 Å². The zero-order chi connectivity index (χ0) is 20.7. The zero-order valence-electron chi connectivity index (χ0n) is 18.9. The van der Waals surface area contributed by atoms with Gasteiger partial charge in [-0.2, -0.15) is 0 Å². The van der Waals surface area contributed by atoms with Crippen molar-refractivity contribution in [3.05, 3.63) is 11.6 Å². The molecule has 4 fully saturated rings. The van der Waals surface area contributed by atoms with Crippen LogP contribution < -0.4 is 0 Å². The van der Waals surface area contributed by atoms with Gasteiger partial charge in [0.25, 0.3) is 0 Å². The number of fused-ring (bicyclic) bond motifs is 5. The highest BCUT2D eigenvalue weighted by Crippen LogP contribution is 2.69. The maximum atomic E-state index is 11.7. The van der Waals surface area contributed by atoms with E-state index in [2.05, 4.69) is 33.8 Å². The molecule has 0 aromatic rings. The molecule has 4 nitrogen and oxygen atoms in total. The number of allylic oxidation sites excluding steroid dienone is 1. The van der Waals surface area contributed by atoms with Gasteiger partial charge in [0.1, 0.15) is 6.10 Å². The summed E-state index contributed by atoms with van der Waals surface area (Å²) < 4.78 is 18.3. The molecule has 0 aromatic carbocycles. The summed E-state index contributed by atoms with van der Waals surface area (Å²) in [7, 11) is 0. The molecule has 1 saturated heterocycles. The molecule has 0 radical (unpaired) electrons. The third-order valence-corrected chi connectivity index (χ3v) is 10.0. The minimum atomic E-state index is -0.428. The minimum absolute atomic E-state index is 0.0851. The van der Waals surface area contributed by atoms with Crippen molar-refractivity contribution < 1.29 is 19.0 Å². The molecule has 6 atom stereocenters. The van der Waals surface area contributed by atoms with E-state index in [4.69, 9.17) is 14.2 Å². The van der Waals surface area contributed by atoms with Gasteiger partial charge in [0.05, 0.1) is 13.2 Å². The monoisotopic (exact) mass is 402 g/mol. The fourth-order valence-corrected chi connectivity index (χ4v) is 8.63. The number of hydrogen-bond acceptors (Lipinski definition) is 4. The minimum Gasteiger partial charge on any atom is -0.462 e. The average Bonchev–Trinajstić information content (AvgIpc) is 3.25. The van der Waals surface area contributed by atoms with Gasteiger partial charge >= 0.3 is 5.97 Å². The quantitative estimate of drug-likeness (QED) is 0.443. The van der Waals surface area contributed by atoms with E-state index in [1.165, 1.54) is 19.3 Å². The third kappa shape index (κ3) is 2.54. The van der Waals surface area contributed by atoms with Crippen LogP contribution in [0.3, 0.4) is 0 Å². The Morgan fingerprint density at radius 1 is 1.00 bits per heavy atom. The topological polar surface area (TPSA) is 44.8 Å². The molecule has 0 aromatic heterocycles. The van der Waals surface area contributed by atoms with Crippen LogP contribution >= 0.6 is 0 Å². The summed E-state index contributed by atoms with van der Waals surface area (Å²) in [5, 5.41) is 0. The van der Waals surface area contributed by atoms with Gasteiger partial charge in [-0.05, 0) is 61.7 Å². The lowest BCUT2D eigenvalue weighted by Crippen LogP contribution is -2.59. The van der Waals surface area contributed by atoms with Gasteiger partial charge in [0.2, 0.25) is 0 Å². The van der Waals surface area contributed by atoms with Gasteiger partial charge in [-0.3, -0.25) is 4.79 Å². The van der Waals surface area contributed by atoms with Crippen molar-refractivity contribution in [2.24, 2.45) is 34.0 Å². The van der Waals surface area contributed by atoms with Gasteiger partial charge < -0.3 is 14.2 Å². The summed E-state index contributed by atoms with van der Waals surface area (Å²) in [6.07, 6.45) is 10.6. The van der Waals surface area contributed by atoms with Crippen LogP contribution in [0.25, 0.3) is 0 Å². The van der Waals surface area contributed by atoms with Crippen molar-refractivity contribution in [2.45, 2.75) is 91.5 Å². The second-order valence-electron chi connectivity index (χ2n) is 11.4. The van der Waals surface area contributed by atoms with Crippen LogP contribution in [0.2, 0.25) is 0 Å². The SMILES string of the molecule is CC(=O)OC1CCC2C3CC=C4C(C)(CCC5(OCCO5)C4(C)C)C3CCC12C. The third-order valence-electron chi connectivity index (χ3n) is 10.0. The Morgan fingerprint density at radius 3 is 2.41 bits per heavy atom. The predicted octanol–water partition coefficient (Wildman–Crippen LogP) is 5.26. The van der Waals surface area contributed by atoms with E-state index in [1.54, 1.807) is 12.5 Å². The van der Waals surface area contributed by atoms with Gasteiger partial charge in [0, 0.05) is 24.2 Å². The second kappa shape index (κ2) is 6.32. The Hall–Kier alpha value is -0.870. The molecule has 1 aliphatic heterocycles. The lowest BCUT2D eigenvalue weighted by Gasteiger charge is -2.62. The molecule has 162 valence electrons. The molecule has 4 aliphatic carbocycles. The standard InChI is InChI=1S/C25H38O4/c1-16(26)29-21-9-7-18-17-6-8-20-22(2,3)25(27-14-15-28-25)13-12-23(20,4)19(17)10-11-24(18,21)5/h8,17-19,21H,6-7,9-15H2,1-5H3. The summed E-state index contributed by atoms with van der Waals surface area (Å²) in [6.45, 7) is 12.6. The van der Waals surface area contributed by atoms with Gasteiger partial charge in [-0.15, -0.1) is 0 Å². The molecule has 0 N–H and O–H groups in total. The first-order valence-electron chi connectivity index (χ1n) is 11.8. The number of carbonyl (C=O) groups is 1. The van der Waals surface area contributed by atoms with Crippen LogP contribution in [0.1, 0.15) is 79.6 Å². The van der Waals surface area contributed by atoms with Crippen LogP contribution in [0.15, 0.2) is 11.6 Å². The molecule has 3 saturated carbocycles. The number of esters is 1. The second-order valence-corrected chi connectivity index (χ2v) is 11.4. The smallest absolute Gasteiger partial charge is 0.302 e. The molecule has 0 bridgehead atoms. The van der Waals surface area contributed by atoms with Crippen molar-refractivity contribution >= 4 is 5.97 Å². The number of ether oxygens (including phenoxy) is 3. The van der Waals surface area contributed by atoms with Gasteiger partial charge in [-0.1, -0.05) is 39.3 Å². The van der Waals surface area contributed by atoms with Crippen LogP contribution in [-0.2, 0) is 19.0 Å². The lowest BCUT2D eigenvalue weighted by molar-refractivity contribution is -0.246. The molecule has 1 heterocycles. The molecular weight excluding hydrogens is 364 g/mol. The van der Waals surface area contributed by atoms with Crippen molar-refractivity contribution in [3.8, 4) is 0 Å². The maximum Gasteiger partial charge on any atom is 0.302 e. The molecular formula is C25H38O4. The summed E-state index contributed by atoms with van der Waals surface area (Å²) >= 11 is 0. The van der Waals surface area contributed by atoms with Crippen molar-refractivity contribution in [1.29, 1.82) is 0 Å². The van der Waals surface area contributed by atoms with Crippen LogP contribution in [0, 0.1) is 34.0 Å². The lowest BCUT2D eigenvalue weighted by atomic mass is 9.44. The highest BCUT2D eigenvalue weighted by atomic mass is 16.7. The first-order valence-corrected chi connectivity index (χ1v) is 11.8. The van der Waals surface area contributed by atoms with E-state index in [9.17, 15) is 4.79 Å². The van der Waals surface area contributed by atoms with Crippen molar-refractivity contribution in [1.82, 2.24) is 0 Å². The Labute approximate surface area is 175 Å². The molecule has 0 amide bonds. The van der Waals surface area contributed by atoms with Gasteiger partial charge in [0.15, 0.2) is 5.79 Å². The van der Waals surface area contributed by atoms with E-state index in [0.29, 0.717) is 11.8 Å². The van der Waals surface area contributed by atoms with E-state index in [0.717, 1.165) is 44.8 Å². The summed E-state index contributed by atoms with van der Waals surface area (Å²) in [5.41, 5.74) is 1.88. The first-order chi connectivity index (χ1) is 13.6. The van der Waals surface area contributed by atoms with E-state index < -0.39 is 5.79 Å². The van der Waals surface area contributed by atoms with Crippen molar-refractivity contribution in [2.75, 3.05) is 13.2 Å². The molecule has 5 rings (SSSR count). The predicted molar refractivity (Wildman–Crippen MR) is 111 cm³/mol. The highest BCUT2D eigenvalue weighted by Gasteiger charge is 2.65. The fourth-order valence-electron chi connectivity index (χ4n) is 8.63. The maximum absolute atomic E-state index is 11.7. The number of rotatable bonds is 1. The van der Waals surface area contributed by atoms with E-state index in [1.807, 2.05) is 0 Å². The summed E-state index contributed by atoms with van der Waals surface area (Å²) in [5.74, 6) is 1.54. The molecule has 4 heteroatoms. The Morgan fingerprint density at radius 2 is 1.72 bits per heavy atom. The van der Waals surface area contributed by atoms with Crippen molar-refractivity contribution in [3.63, 3.8) is 0 Å². The van der Waals surface area contributed by atoms with E-state index >= 15 is 0 Å². The number of hydrogen-bond donors (Lipinski definition) is 0. The van der Waals surface area contributed by atoms with Crippen LogP contribution in [0.4, 0.5) is 0 Å². The Bertz CT molecular complexity index is 733. The largest absolute Gasteiger partial charge is 0.462 e. The van der Waals surface area contributed by atoms with Crippen LogP contribution in [-0.4, -0.2) is 31.1 Å². The zero-order valence-corrected chi connectivity index (χ0v) is 18.9.